The third-order valence-corrected chi connectivity index (χ3v) is 2.80. The number of rotatable bonds is 2. The van der Waals surface area contributed by atoms with Crippen molar-refractivity contribution in [3.63, 3.8) is 0 Å². The van der Waals surface area contributed by atoms with Crippen molar-refractivity contribution in [1.29, 1.82) is 0 Å². The summed E-state index contributed by atoms with van der Waals surface area (Å²) in [6.45, 7) is 5.48. The normalized spacial score (nSPS) is 15.0. The zero-order chi connectivity index (χ0) is 11.7. The molecule has 1 heterocycles. The summed E-state index contributed by atoms with van der Waals surface area (Å²) in [7, 11) is 0. The highest BCUT2D eigenvalue weighted by Crippen LogP contribution is 2.36. The fourth-order valence-corrected chi connectivity index (χ4v) is 2.27. The molecule has 86 valence electrons. The van der Waals surface area contributed by atoms with E-state index in [0.29, 0.717) is 17.5 Å². The summed E-state index contributed by atoms with van der Waals surface area (Å²) in [5.74, 6) is 0.519. The van der Waals surface area contributed by atoms with Gasteiger partial charge in [0.05, 0.1) is 22.9 Å². The molecule has 0 aromatic heterocycles. The van der Waals surface area contributed by atoms with Crippen LogP contribution in [0.15, 0.2) is 18.2 Å². The van der Waals surface area contributed by atoms with Crippen molar-refractivity contribution >= 4 is 28.9 Å². The number of hydrogen-bond donors (Lipinski definition) is 1. The maximum absolute atomic E-state index is 11.5. The monoisotopic (exact) mass is 238 g/mol. The maximum atomic E-state index is 11.5. The average Bonchev–Trinajstić information content (AvgIpc) is 2.15. The van der Waals surface area contributed by atoms with Crippen molar-refractivity contribution in [3.05, 3.63) is 23.2 Å². The van der Waals surface area contributed by atoms with Crippen LogP contribution < -0.4 is 10.2 Å². The fourth-order valence-electron chi connectivity index (χ4n) is 1.98. The Balaban J connectivity index is 2.39. The van der Waals surface area contributed by atoms with Crippen molar-refractivity contribution in [3.8, 4) is 0 Å². The van der Waals surface area contributed by atoms with Crippen LogP contribution in [0.2, 0.25) is 5.02 Å². The molecule has 0 aliphatic carbocycles. The number of benzene rings is 1. The smallest absolute Gasteiger partial charge is 0.243 e. The highest BCUT2D eigenvalue weighted by molar-refractivity contribution is 6.34. The second kappa shape index (κ2) is 4.34. The number of para-hydroxylation sites is 1. The predicted octanol–water partition coefficient (Wildman–Crippen LogP) is 2.75. The van der Waals surface area contributed by atoms with E-state index in [1.807, 2.05) is 23.1 Å². The summed E-state index contributed by atoms with van der Waals surface area (Å²) in [5.41, 5.74) is 1.75. The molecule has 1 aliphatic rings. The Hall–Kier alpha value is -1.22. The van der Waals surface area contributed by atoms with Gasteiger partial charge in [-0.05, 0) is 18.1 Å². The molecule has 0 fully saturated rings. The lowest BCUT2D eigenvalue weighted by Crippen LogP contribution is -2.40. The van der Waals surface area contributed by atoms with E-state index in [-0.39, 0.29) is 5.91 Å². The minimum atomic E-state index is 0.0235. The molecule has 1 N–H and O–H groups in total. The third-order valence-electron chi connectivity index (χ3n) is 2.50. The minimum Gasteiger partial charge on any atom is -0.359 e. The lowest BCUT2D eigenvalue weighted by atomic mass is 10.1. The van der Waals surface area contributed by atoms with Crippen LogP contribution in [-0.2, 0) is 4.79 Å². The van der Waals surface area contributed by atoms with Crippen molar-refractivity contribution in [1.82, 2.24) is 0 Å². The summed E-state index contributed by atoms with van der Waals surface area (Å²) < 4.78 is 0. The highest BCUT2D eigenvalue weighted by Gasteiger charge is 2.24. The fraction of sp³-hybridized carbons (Fsp3) is 0.417. The molecule has 1 aliphatic heterocycles. The molecule has 1 amide bonds. The minimum absolute atomic E-state index is 0.0235. The van der Waals surface area contributed by atoms with E-state index in [0.717, 1.165) is 17.9 Å². The maximum Gasteiger partial charge on any atom is 0.243 e. The van der Waals surface area contributed by atoms with Crippen LogP contribution in [0.5, 0.6) is 0 Å². The Morgan fingerprint density at radius 1 is 1.50 bits per heavy atom. The second-order valence-corrected chi connectivity index (χ2v) is 4.87. The number of amides is 1. The van der Waals surface area contributed by atoms with E-state index in [1.54, 1.807) is 0 Å². The number of anilines is 2. The Morgan fingerprint density at radius 2 is 2.25 bits per heavy atom. The van der Waals surface area contributed by atoms with E-state index < -0.39 is 0 Å². The zero-order valence-corrected chi connectivity index (χ0v) is 10.2. The van der Waals surface area contributed by atoms with Crippen LogP contribution in [-0.4, -0.2) is 19.0 Å². The molecule has 3 nitrogen and oxygen atoms in total. The molecule has 1 aromatic carbocycles. The summed E-state index contributed by atoms with van der Waals surface area (Å²) in [6, 6.07) is 5.58. The molecule has 1 aromatic rings. The zero-order valence-electron chi connectivity index (χ0n) is 9.46. The summed E-state index contributed by atoms with van der Waals surface area (Å²) in [5, 5.41) is 3.53. The van der Waals surface area contributed by atoms with Gasteiger partial charge in [0, 0.05) is 6.54 Å². The molecular weight excluding hydrogens is 224 g/mol. The quantitative estimate of drug-likeness (QED) is 0.859. The number of carbonyl (C=O) groups is 1. The highest BCUT2D eigenvalue weighted by atomic mass is 35.5. The van der Waals surface area contributed by atoms with Crippen molar-refractivity contribution in [2.75, 3.05) is 23.3 Å². The van der Waals surface area contributed by atoms with Gasteiger partial charge in [-0.2, -0.15) is 0 Å². The summed E-state index contributed by atoms with van der Waals surface area (Å²) >= 11 is 6.18. The first-order valence-electron chi connectivity index (χ1n) is 5.41. The molecule has 0 saturated carbocycles. The van der Waals surface area contributed by atoms with Gasteiger partial charge in [0.1, 0.15) is 0 Å². The number of nitrogens with zero attached hydrogens (tertiary/aromatic N) is 1. The molecule has 2 rings (SSSR count). The van der Waals surface area contributed by atoms with Gasteiger partial charge in [0.15, 0.2) is 0 Å². The Labute approximate surface area is 100 Å². The average molecular weight is 239 g/mol. The predicted molar refractivity (Wildman–Crippen MR) is 67.1 cm³/mol. The first-order chi connectivity index (χ1) is 7.58. The number of carbonyl (C=O) groups excluding carboxylic acids is 1. The third kappa shape index (κ3) is 2.14. The van der Waals surface area contributed by atoms with Gasteiger partial charge < -0.3 is 10.2 Å². The molecular formula is C12H15ClN2O. The van der Waals surface area contributed by atoms with E-state index >= 15 is 0 Å². The molecule has 16 heavy (non-hydrogen) atoms. The Morgan fingerprint density at radius 3 is 2.94 bits per heavy atom. The van der Waals surface area contributed by atoms with Gasteiger partial charge in [0.2, 0.25) is 5.91 Å². The standard InChI is InChI=1S/C12H15ClN2O/c1-8(2)6-15-7-11(16)14-10-5-3-4-9(13)12(10)15/h3-5,8H,6-7H2,1-2H3,(H,14,16). The number of fused-ring (bicyclic) bond motifs is 1. The Bertz CT molecular complexity index is 417. The van der Waals surface area contributed by atoms with E-state index in [1.165, 1.54) is 0 Å². The molecule has 4 heteroatoms. The summed E-state index contributed by atoms with van der Waals surface area (Å²) in [6.07, 6.45) is 0. The lowest BCUT2D eigenvalue weighted by molar-refractivity contribution is -0.115. The van der Waals surface area contributed by atoms with Crippen molar-refractivity contribution in [2.24, 2.45) is 5.92 Å². The molecule has 0 radical (unpaired) electrons. The van der Waals surface area contributed by atoms with Crippen LogP contribution in [0.4, 0.5) is 11.4 Å². The van der Waals surface area contributed by atoms with Gasteiger partial charge in [-0.3, -0.25) is 4.79 Å². The number of hydrogen-bond acceptors (Lipinski definition) is 2. The van der Waals surface area contributed by atoms with E-state index in [9.17, 15) is 4.79 Å². The number of nitrogens with one attached hydrogen (secondary N) is 1. The first kappa shape index (κ1) is 11.3. The van der Waals surface area contributed by atoms with Crippen LogP contribution in [0.1, 0.15) is 13.8 Å². The molecule has 0 atom stereocenters. The largest absolute Gasteiger partial charge is 0.359 e. The number of halogens is 1. The molecule has 0 unspecified atom stereocenters. The van der Waals surface area contributed by atoms with Gasteiger partial charge in [-0.25, -0.2) is 0 Å². The molecule has 0 bridgehead atoms. The second-order valence-electron chi connectivity index (χ2n) is 4.46. The molecule has 0 saturated heterocycles. The SMILES string of the molecule is CC(C)CN1CC(=O)Nc2cccc(Cl)c21. The lowest BCUT2D eigenvalue weighted by Gasteiger charge is -2.32. The summed E-state index contributed by atoms with van der Waals surface area (Å²) in [4.78, 5) is 13.6. The van der Waals surface area contributed by atoms with Gasteiger partial charge in [-0.15, -0.1) is 0 Å². The van der Waals surface area contributed by atoms with Gasteiger partial charge >= 0.3 is 0 Å². The van der Waals surface area contributed by atoms with Crippen LogP contribution >= 0.6 is 11.6 Å². The van der Waals surface area contributed by atoms with Crippen molar-refractivity contribution < 1.29 is 4.79 Å². The first-order valence-corrected chi connectivity index (χ1v) is 5.79. The van der Waals surface area contributed by atoms with Gasteiger partial charge in [0.25, 0.3) is 0 Å². The molecule has 0 spiro atoms. The topological polar surface area (TPSA) is 32.3 Å². The van der Waals surface area contributed by atoms with Crippen LogP contribution in [0.3, 0.4) is 0 Å². The Kier molecular flexibility index (Phi) is 3.06. The van der Waals surface area contributed by atoms with Crippen LogP contribution in [0.25, 0.3) is 0 Å². The van der Waals surface area contributed by atoms with Crippen molar-refractivity contribution in [2.45, 2.75) is 13.8 Å². The van der Waals surface area contributed by atoms with E-state index in [2.05, 4.69) is 19.2 Å². The van der Waals surface area contributed by atoms with Crippen LogP contribution in [0, 0.1) is 5.92 Å². The van der Waals surface area contributed by atoms with E-state index in [4.69, 9.17) is 11.6 Å². The van der Waals surface area contributed by atoms with Gasteiger partial charge in [-0.1, -0.05) is 31.5 Å².